The maximum atomic E-state index is 14.6. The number of hydrogen-bond acceptors (Lipinski definition) is 7. The lowest BCUT2D eigenvalue weighted by Gasteiger charge is -2.05. The highest BCUT2D eigenvalue weighted by Gasteiger charge is 2.11. The second-order valence-corrected chi connectivity index (χ2v) is 5.75. The van der Waals surface area contributed by atoms with Crippen LogP contribution >= 0.6 is 0 Å². The van der Waals surface area contributed by atoms with E-state index in [9.17, 15) is 4.39 Å². The van der Waals surface area contributed by atoms with Crippen molar-refractivity contribution < 1.29 is 13.4 Å². The fourth-order valence-electron chi connectivity index (χ4n) is 2.57. The number of imidazole rings is 1. The summed E-state index contributed by atoms with van der Waals surface area (Å²) in [6, 6.07) is 10.1. The normalized spacial score (nSPS) is 11.0. The topological polar surface area (TPSA) is 106 Å². The van der Waals surface area contributed by atoms with E-state index in [-0.39, 0.29) is 0 Å². The lowest BCUT2D eigenvalue weighted by Crippen LogP contribution is -1.97. The van der Waals surface area contributed by atoms with Gasteiger partial charge in [0.2, 0.25) is 0 Å². The van der Waals surface area contributed by atoms with E-state index >= 15 is 0 Å². The molecule has 0 aliphatic heterocycles. The summed E-state index contributed by atoms with van der Waals surface area (Å²) in [5, 5.41) is 19.3. The Bertz CT molecular complexity index is 1150. The Labute approximate surface area is 158 Å². The number of nitrogens with one attached hydrogen (secondary N) is 1. The van der Waals surface area contributed by atoms with Crippen LogP contribution in [0.2, 0.25) is 0 Å². The zero-order chi connectivity index (χ0) is 19.3. The van der Waals surface area contributed by atoms with Crippen LogP contribution < -0.4 is 5.32 Å². The summed E-state index contributed by atoms with van der Waals surface area (Å²) in [5.41, 5.74) is 2.00. The minimum Gasteiger partial charge on any atom is -0.363 e. The minimum atomic E-state index is -0.434. The Balaban J connectivity index is 1.51. The molecule has 0 saturated carbocycles. The summed E-state index contributed by atoms with van der Waals surface area (Å²) in [6.45, 7) is 0.369. The minimum absolute atomic E-state index is 0.337. The molecule has 0 spiro atoms. The molecule has 4 aromatic rings. The standard InChI is InChI=1S/C19H13FN6O2/c20-16-8-13(3-4-18(16)26-11-14(23-12-26)2-1-6-21)17-9-15(28-24-17)10-22-19-5-7-27-25-19/h1-5,7-9,11-12H,10H2,(H,22,25). The van der Waals surface area contributed by atoms with Crippen LogP contribution in [0.15, 0.2) is 64.2 Å². The van der Waals surface area contributed by atoms with E-state index in [2.05, 4.69) is 20.6 Å². The Morgan fingerprint density at radius 1 is 1.25 bits per heavy atom. The van der Waals surface area contributed by atoms with Gasteiger partial charge in [-0.1, -0.05) is 16.4 Å². The number of rotatable bonds is 6. The second-order valence-electron chi connectivity index (χ2n) is 5.75. The van der Waals surface area contributed by atoms with E-state index < -0.39 is 5.82 Å². The zero-order valence-electron chi connectivity index (χ0n) is 14.4. The predicted octanol–water partition coefficient (Wildman–Crippen LogP) is 3.80. The van der Waals surface area contributed by atoms with E-state index in [1.807, 2.05) is 6.07 Å². The van der Waals surface area contributed by atoms with Gasteiger partial charge in [0.25, 0.3) is 0 Å². The summed E-state index contributed by atoms with van der Waals surface area (Å²) in [4.78, 5) is 4.11. The summed E-state index contributed by atoms with van der Waals surface area (Å²) in [5.74, 6) is 0.722. The van der Waals surface area contributed by atoms with Gasteiger partial charge >= 0.3 is 0 Å². The van der Waals surface area contributed by atoms with Gasteiger partial charge in [-0.25, -0.2) is 9.37 Å². The van der Waals surface area contributed by atoms with Gasteiger partial charge < -0.3 is 18.9 Å². The van der Waals surface area contributed by atoms with Crippen LogP contribution in [0.4, 0.5) is 10.2 Å². The molecule has 0 fully saturated rings. The van der Waals surface area contributed by atoms with Gasteiger partial charge in [0.15, 0.2) is 11.6 Å². The number of nitriles is 1. The van der Waals surface area contributed by atoms with Crippen molar-refractivity contribution in [3.05, 3.63) is 72.5 Å². The summed E-state index contributed by atoms with van der Waals surface area (Å²) in [7, 11) is 0. The van der Waals surface area contributed by atoms with Crippen molar-refractivity contribution in [1.29, 1.82) is 5.26 Å². The van der Waals surface area contributed by atoms with Crippen molar-refractivity contribution in [1.82, 2.24) is 19.9 Å². The summed E-state index contributed by atoms with van der Waals surface area (Å²) >= 11 is 0. The fourth-order valence-corrected chi connectivity index (χ4v) is 2.57. The van der Waals surface area contributed by atoms with E-state index in [0.717, 1.165) is 0 Å². The van der Waals surface area contributed by atoms with E-state index in [1.54, 1.807) is 41.1 Å². The molecule has 0 amide bonds. The molecule has 0 atom stereocenters. The molecule has 0 aliphatic rings. The van der Waals surface area contributed by atoms with E-state index in [1.165, 1.54) is 24.7 Å². The van der Waals surface area contributed by atoms with Crippen molar-refractivity contribution in [2.75, 3.05) is 5.32 Å². The third-order valence-electron chi connectivity index (χ3n) is 3.89. The Kier molecular flexibility index (Phi) is 4.67. The zero-order valence-corrected chi connectivity index (χ0v) is 14.4. The lowest BCUT2D eigenvalue weighted by molar-refractivity contribution is 0.389. The first-order valence-corrected chi connectivity index (χ1v) is 8.23. The van der Waals surface area contributed by atoms with Crippen LogP contribution in [0.5, 0.6) is 0 Å². The first kappa shape index (κ1) is 17.2. The number of anilines is 1. The van der Waals surface area contributed by atoms with Crippen LogP contribution in [0, 0.1) is 17.1 Å². The van der Waals surface area contributed by atoms with Crippen molar-refractivity contribution in [3.63, 3.8) is 0 Å². The van der Waals surface area contributed by atoms with E-state index in [0.29, 0.717) is 40.8 Å². The average Bonchev–Trinajstić information content (AvgIpc) is 3.46. The lowest BCUT2D eigenvalue weighted by atomic mass is 10.1. The van der Waals surface area contributed by atoms with Crippen LogP contribution in [0.1, 0.15) is 11.5 Å². The molecule has 0 aliphatic carbocycles. The van der Waals surface area contributed by atoms with Gasteiger partial charge in [0.1, 0.15) is 17.8 Å². The number of halogens is 1. The molecule has 28 heavy (non-hydrogen) atoms. The molecule has 9 heteroatoms. The maximum Gasteiger partial charge on any atom is 0.169 e. The molecular formula is C19H13FN6O2. The van der Waals surface area contributed by atoms with Gasteiger partial charge in [-0.3, -0.25) is 0 Å². The van der Waals surface area contributed by atoms with Gasteiger partial charge in [-0.05, 0) is 18.2 Å². The van der Waals surface area contributed by atoms with Crippen LogP contribution in [0.25, 0.3) is 23.0 Å². The molecule has 3 aromatic heterocycles. The third-order valence-corrected chi connectivity index (χ3v) is 3.89. The number of hydrogen-bond donors (Lipinski definition) is 1. The maximum absolute atomic E-state index is 14.6. The number of aromatic nitrogens is 4. The van der Waals surface area contributed by atoms with Crippen molar-refractivity contribution in [2.24, 2.45) is 0 Å². The Morgan fingerprint density at radius 2 is 2.18 bits per heavy atom. The number of benzene rings is 1. The van der Waals surface area contributed by atoms with Crippen molar-refractivity contribution in [3.8, 4) is 23.0 Å². The van der Waals surface area contributed by atoms with Crippen LogP contribution in [-0.4, -0.2) is 19.9 Å². The summed E-state index contributed by atoms with van der Waals surface area (Å²) in [6.07, 6.45) is 7.44. The monoisotopic (exact) mass is 376 g/mol. The molecule has 3 heterocycles. The van der Waals surface area contributed by atoms with Gasteiger partial charge in [-0.15, -0.1) is 0 Å². The fraction of sp³-hybridized carbons (Fsp3) is 0.0526. The number of nitrogens with zero attached hydrogens (tertiary/aromatic N) is 5. The molecule has 4 rings (SSSR count). The third kappa shape index (κ3) is 3.66. The Morgan fingerprint density at radius 3 is 2.96 bits per heavy atom. The van der Waals surface area contributed by atoms with Crippen LogP contribution in [-0.2, 0) is 6.54 Å². The Hall–Kier alpha value is -4.19. The quantitative estimate of drug-likeness (QED) is 0.510. The van der Waals surface area contributed by atoms with Crippen LogP contribution in [0.3, 0.4) is 0 Å². The highest BCUT2D eigenvalue weighted by atomic mass is 19.1. The largest absolute Gasteiger partial charge is 0.363 e. The first-order chi connectivity index (χ1) is 13.7. The molecular weight excluding hydrogens is 363 g/mol. The molecule has 1 aromatic carbocycles. The molecule has 8 nitrogen and oxygen atoms in total. The van der Waals surface area contributed by atoms with Gasteiger partial charge in [0, 0.05) is 30.0 Å². The smallest absolute Gasteiger partial charge is 0.169 e. The molecule has 0 unspecified atom stereocenters. The number of allylic oxidation sites excluding steroid dienone is 1. The summed E-state index contributed by atoms with van der Waals surface area (Å²) < 4.78 is 26.2. The van der Waals surface area contributed by atoms with Gasteiger partial charge in [-0.2, -0.15) is 5.26 Å². The highest BCUT2D eigenvalue weighted by molar-refractivity contribution is 5.61. The molecule has 1 N–H and O–H groups in total. The SMILES string of the molecule is N#CC=Cc1cn(-c2ccc(-c3cc(CNc4ccon4)on3)cc2F)cn1. The average molecular weight is 376 g/mol. The first-order valence-electron chi connectivity index (χ1n) is 8.23. The molecule has 0 radical (unpaired) electrons. The van der Waals surface area contributed by atoms with Gasteiger partial charge in [0.05, 0.1) is 30.3 Å². The molecule has 138 valence electrons. The van der Waals surface area contributed by atoms with Crippen molar-refractivity contribution in [2.45, 2.75) is 6.54 Å². The molecule has 0 saturated heterocycles. The van der Waals surface area contributed by atoms with E-state index in [4.69, 9.17) is 14.3 Å². The molecule has 0 bridgehead atoms. The highest BCUT2D eigenvalue weighted by Crippen LogP contribution is 2.24. The predicted molar refractivity (Wildman–Crippen MR) is 97.5 cm³/mol. The van der Waals surface area contributed by atoms with Crippen molar-refractivity contribution >= 4 is 11.9 Å². The second kappa shape index (κ2) is 7.59.